The summed E-state index contributed by atoms with van der Waals surface area (Å²) in [6.07, 6.45) is 1.44. The Morgan fingerprint density at radius 2 is 1.76 bits per heavy atom. The molecule has 0 spiro atoms. The van der Waals surface area contributed by atoms with Crippen LogP contribution in [-0.4, -0.2) is 12.5 Å². The predicted octanol–water partition coefficient (Wildman–Crippen LogP) is 5.88. The Morgan fingerprint density at radius 1 is 1.06 bits per heavy atom. The minimum Gasteiger partial charge on any atom is -0.494 e. The number of anilines is 1. The fourth-order valence-electron chi connectivity index (χ4n) is 3.17. The molecule has 0 radical (unpaired) electrons. The second kappa shape index (κ2) is 11.4. The molecule has 33 heavy (non-hydrogen) atoms. The maximum Gasteiger partial charge on any atom is 0.267 e. The van der Waals surface area contributed by atoms with Gasteiger partial charge in [-0.25, -0.2) is 0 Å². The Bertz CT molecular complexity index is 1150. The molecule has 3 aromatic carbocycles. The minimum atomic E-state index is -0.497. The number of benzene rings is 3. The van der Waals surface area contributed by atoms with Gasteiger partial charge in [-0.05, 0) is 63.2 Å². The summed E-state index contributed by atoms with van der Waals surface area (Å²) in [6.45, 7) is 6.44. The van der Waals surface area contributed by atoms with Crippen molar-refractivity contribution in [2.75, 3.05) is 11.9 Å². The summed E-state index contributed by atoms with van der Waals surface area (Å²) in [6, 6.07) is 24.1. The third-order valence-corrected chi connectivity index (χ3v) is 4.87. The van der Waals surface area contributed by atoms with Crippen LogP contribution in [0.2, 0.25) is 0 Å². The molecule has 0 fully saturated rings. The molecule has 0 heterocycles. The molecule has 0 saturated carbocycles. The first-order chi connectivity index (χ1) is 16.0. The maximum absolute atomic E-state index is 12.6. The highest BCUT2D eigenvalue weighted by Crippen LogP contribution is 2.27. The Hall–Kier alpha value is -4.24. The third kappa shape index (κ3) is 6.62. The molecule has 0 aliphatic heterocycles. The van der Waals surface area contributed by atoms with E-state index in [-0.39, 0.29) is 11.6 Å². The smallest absolute Gasteiger partial charge is 0.267 e. The first-order valence-corrected chi connectivity index (χ1v) is 10.7. The standard InChI is InChI=1S/C27H27N3O3/c1-4-32-26-15-10-19(2)16-25(26)20(3)29-18-21(17-28)27(31)30-22-11-13-24(14-12-22)33-23-8-6-5-7-9-23/h5-16,18,20,29H,4H2,1-3H3,(H,30,31)/b21-18-. The monoisotopic (exact) mass is 441 g/mol. The number of carbonyl (C=O) groups is 1. The minimum absolute atomic E-state index is 0.0305. The second-order valence-corrected chi connectivity index (χ2v) is 7.43. The van der Waals surface area contributed by atoms with Crippen LogP contribution in [0, 0.1) is 18.3 Å². The van der Waals surface area contributed by atoms with Gasteiger partial charge in [0.25, 0.3) is 5.91 Å². The number of rotatable bonds is 9. The Morgan fingerprint density at radius 3 is 2.42 bits per heavy atom. The fraction of sp³-hybridized carbons (Fsp3) is 0.185. The van der Waals surface area contributed by atoms with Crippen LogP contribution >= 0.6 is 0 Å². The summed E-state index contributed by atoms with van der Waals surface area (Å²) in [5.41, 5.74) is 2.59. The van der Waals surface area contributed by atoms with Gasteiger partial charge in [-0.1, -0.05) is 35.9 Å². The summed E-state index contributed by atoms with van der Waals surface area (Å²) >= 11 is 0. The number of aryl methyl sites for hydroxylation is 1. The highest BCUT2D eigenvalue weighted by Gasteiger charge is 2.14. The van der Waals surface area contributed by atoms with Crippen LogP contribution in [0.3, 0.4) is 0 Å². The fourth-order valence-corrected chi connectivity index (χ4v) is 3.17. The number of ether oxygens (including phenoxy) is 2. The van der Waals surface area contributed by atoms with Crippen LogP contribution in [0.25, 0.3) is 0 Å². The van der Waals surface area contributed by atoms with Gasteiger partial charge in [0.05, 0.1) is 12.6 Å². The molecule has 0 saturated heterocycles. The van der Waals surface area contributed by atoms with Crippen molar-refractivity contribution in [3.05, 3.63) is 95.7 Å². The predicted molar refractivity (Wildman–Crippen MR) is 129 cm³/mol. The first kappa shape index (κ1) is 23.4. The lowest BCUT2D eigenvalue weighted by molar-refractivity contribution is -0.112. The lowest BCUT2D eigenvalue weighted by Gasteiger charge is -2.18. The number of hydrogen-bond donors (Lipinski definition) is 2. The number of para-hydroxylation sites is 1. The molecule has 1 amide bonds. The van der Waals surface area contributed by atoms with E-state index < -0.39 is 5.91 Å². The van der Waals surface area contributed by atoms with E-state index in [1.807, 2.05) is 75.4 Å². The molecule has 0 aliphatic rings. The first-order valence-electron chi connectivity index (χ1n) is 10.7. The zero-order chi connectivity index (χ0) is 23.6. The second-order valence-electron chi connectivity index (χ2n) is 7.43. The Balaban J connectivity index is 1.64. The quantitative estimate of drug-likeness (QED) is 0.320. The van der Waals surface area contributed by atoms with Crippen molar-refractivity contribution in [1.82, 2.24) is 5.32 Å². The van der Waals surface area contributed by atoms with Gasteiger partial charge in [0.2, 0.25) is 0 Å². The van der Waals surface area contributed by atoms with Crippen LogP contribution in [0.4, 0.5) is 5.69 Å². The van der Waals surface area contributed by atoms with E-state index in [2.05, 4.69) is 10.6 Å². The molecule has 3 rings (SSSR count). The summed E-state index contributed by atoms with van der Waals surface area (Å²) in [4.78, 5) is 12.6. The summed E-state index contributed by atoms with van der Waals surface area (Å²) in [7, 11) is 0. The molecule has 1 atom stereocenters. The zero-order valence-electron chi connectivity index (χ0n) is 19.0. The van der Waals surface area contributed by atoms with E-state index in [4.69, 9.17) is 9.47 Å². The summed E-state index contributed by atoms with van der Waals surface area (Å²) in [5.74, 6) is 1.65. The molecule has 1 unspecified atom stereocenters. The van der Waals surface area contributed by atoms with Crippen molar-refractivity contribution in [2.24, 2.45) is 0 Å². The van der Waals surface area contributed by atoms with E-state index in [0.717, 1.165) is 22.6 Å². The van der Waals surface area contributed by atoms with E-state index in [9.17, 15) is 10.1 Å². The van der Waals surface area contributed by atoms with Gasteiger partial charge in [-0.2, -0.15) is 5.26 Å². The molecule has 0 bridgehead atoms. The molecule has 168 valence electrons. The highest BCUT2D eigenvalue weighted by molar-refractivity contribution is 6.06. The van der Waals surface area contributed by atoms with E-state index >= 15 is 0 Å². The Labute approximate surface area is 194 Å². The van der Waals surface area contributed by atoms with E-state index in [1.54, 1.807) is 24.3 Å². The van der Waals surface area contributed by atoms with E-state index in [1.165, 1.54) is 6.20 Å². The topological polar surface area (TPSA) is 83.4 Å². The molecule has 2 N–H and O–H groups in total. The van der Waals surface area contributed by atoms with Crippen molar-refractivity contribution in [3.63, 3.8) is 0 Å². The average molecular weight is 442 g/mol. The highest BCUT2D eigenvalue weighted by atomic mass is 16.5. The van der Waals surface area contributed by atoms with Crippen LogP contribution < -0.4 is 20.1 Å². The number of nitrogens with one attached hydrogen (secondary N) is 2. The number of hydrogen-bond acceptors (Lipinski definition) is 5. The van der Waals surface area contributed by atoms with Crippen molar-refractivity contribution in [3.8, 4) is 23.3 Å². The molecule has 6 nitrogen and oxygen atoms in total. The molecular weight excluding hydrogens is 414 g/mol. The lowest BCUT2D eigenvalue weighted by Crippen LogP contribution is -2.19. The maximum atomic E-state index is 12.6. The van der Waals surface area contributed by atoms with Crippen molar-refractivity contribution >= 4 is 11.6 Å². The van der Waals surface area contributed by atoms with Crippen LogP contribution in [0.15, 0.2) is 84.6 Å². The van der Waals surface area contributed by atoms with Crippen LogP contribution in [-0.2, 0) is 4.79 Å². The van der Waals surface area contributed by atoms with Gasteiger partial charge in [-0.15, -0.1) is 0 Å². The lowest BCUT2D eigenvalue weighted by atomic mass is 10.0. The number of carbonyl (C=O) groups excluding carboxylic acids is 1. The largest absolute Gasteiger partial charge is 0.494 e. The number of nitrogens with zero attached hydrogens (tertiary/aromatic N) is 1. The summed E-state index contributed by atoms with van der Waals surface area (Å²) < 4.78 is 11.5. The van der Waals surface area contributed by atoms with Crippen molar-refractivity contribution in [1.29, 1.82) is 5.26 Å². The molecule has 0 aromatic heterocycles. The van der Waals surface area contributed by atoms with Gasteiger partial charge < -0.3 is 20.1 Å². The van der Waals surface area contributed by atoms with Gasteiger partial charge >= 0.3 is 0 Å². The van der Waals surface area contributed by atoms with Gasteiger partial charge in [0.15, 0.2) is 0 Å². The molecule has 0 aliphatic carbocycles. The Kier molecular flexibility index (Phi) is 8.09. The number of amides is 1. The SMILES string of the molecule is CCOc1ccc(C)cc1C(C)N/C=C(/C#N)C(=O)Nc1ccc(Oc2ccccc2)cc1. The number of nitriles is 1. The van der Waals surface area contributed by atoms with Gasteiger partial charge in [0, 0.05) is 17.5 Å². The molecule has 3 aromatic rings. The van der Waals surface area contributed by atoms with Gasteiger partial charge in [0.1, 0.15) is 28.9 Å². The summed E-state index contributed by atoms with van der Waals surface area (Å²) in [5, 5.41) is 15.4. The third-order valence-electron chi connectivity index (χ3n) is 4.87. The average Bonchev–Trinajstić information content (AvgIpc) is 2.82. The van der Waals surface area contributed by atoms with E-state index in [0.29, 0.717) is 18.0 Å². The van der Waals surface area contributed by atoms with Crippen LogP contribution in [0.1, 0.15) is 31.0 Å². The normalized spacial score (nSPS) is 11.8. The van der Waals surface area contributed by atoms with Crippen molar-refractivity contribution < 1.29 is 14.3 Å². The van der Waals surface area contributed by atoms with Crippen LogP contribution in [0.5, 0.6) is 17.2 Å². The zero-order valence-corrected chi connectivity index (χ0v) is 19.0. The molecular formula is C27H27N3O3. The molecule has 6 heteroatoms. The van der Waals surface area contributed by atoms with Gasteiger partial charge in [-0.3, -0.25) is 4.79 Å². The van der Waals surface area contributed by atoms with Crippen molar-refractivity contribution in [2.45, 2.75) is 26.8 Å².